The Morgan fingerprint density at radius 1 is 1.32 bits per heavy atom. The predicted molar refractivity (Wildman–Crippen MR) is 90.6 cm³/mol. The molecule has 1 atom stereocenters. The molecule has 0 N–H and O–H groups in total. The van der Waals surface area contributed by atoms with Gasteiger partial charge in [0.05, 0.1) is 11.2 Å². The van der Waals surface area contributed by atoms with E-state index in [2.05, 4.69) is 19.9 Å². The molecular weight excluding hydrogens is 351 g/mol. The second-order valence-electron chi connectivity index (χ2n) is 6.26. The molecule has 1 fully saturated rings. The van der Waals surface area contributed by atoms with Crippen molar-refractivity contribution in [2.45, 2.75) is 38.5 Å². The van der Waals surface area contributed by atoms with E-state index in [1.165, 1.54) is 4.88 Å². The van der Waals surface area contributed by atoms with Gasteiger partial charge in [0.2, 0.25) is 0 Å². The zero-order valence-electron chi connectivity index (χ0n) is 14.1. The van der Waals surface area contributed by atoms with Crippen molar-refractivity contribution in [3.63, 3.8) is 0 Å². The van der Waals surface area contributed by atoms with Crippen LogP contribution in [0.4, 0.5) is 19.0 Å². The molecule has 1 aliphatic heterocycles. The SMILES string of the molecule is Cc1ncsc1CN1CCCC(N(C)c2cc(C(F)(F)F)ncn2)C1. The molecule has 2 aromatic heterocycles. The van der Waals surface area contributed by atoms with E-state index in [-0.39, 0.29) is 6.04 Å². The van der Waals surface area contributed by atoms with Crippen molar-refractivity contribution in [1.29, 1.82) is 0 Å². The molecule has 0 saturated carbocycles. The lowest BCUT2D eigenvalue weighted by atomic mass is 10.0. The minimum absolute atomic E-state index is 0.123. The lowest BCUT2D eigenvalue weighted by Gasteiger charge is -2.38. The Morgan fingerprint density at radius 3 is 2.80 bits per heavy atom. The highest BCUT2D eigenvalue weighted by atomic mass is 32.1. The van der Waals surface area contributed by atoms with Gasteiger partial charge >= 0.3 is 6.18 Å². The molecule has 0 radical (unpaired) electrons. The Kier molecular flexibility index (Phi) is 5.24. The number of nitrogens with zero attached hydrogens (tertiary/aromatic N) is 5. The van der Waals surface area contributed by atoms with Crippen molar-refractivity contribution in [2.75, 3.05) is 25.0 Å². The molecule has 136 valence electrons. The molecule has 0 aliphatic carbocycles. The fourth-order valence-corrected chi connectivity index (χ4v) is 3.87. The molecule has 1 unspecified atom stereocenters. The fourth-order valence-electron chi connectivity index (χ4n) is 3.05. The van der Waals surface area contributed by atoms with Crippen LogP contribution in [-0.2, 0) is 12.7 Å². The Balaban J connectivity index is 1.69. The maximum Gasteiger partial charge on any atom is 0.433 e. The monoisotopic (exact) mass is 371 g/mol. The quantitative estimate of drug-likeness (QED) is 0.825. The van der Waals surface area contributed by atoms with E-state index in [1.54, 1.807) is 18.4 Å². The average Bonchev–Trinajstić information content (AvgIpc) is 2.99. The first-order valence-corrected chi connectivity index (χ1v) is 8.96. The molecular formula is C16H20F3N5S. The predicted octanol–water partition coefficient (Wildman–Crippen LogP) is 3.36. The number of anilines is 1. The van der Waals surface area contributed by atoms with Crippen LogP contribution in [0.1, 0.15) is 29.1 Å². The van der Waals surface area contributed by atoms with Crippen molar-refractivity contribution in [3.05, 3.63) is 34.2 Å². The van der Waals surface area contributed by atoms with Crippen molar-refractivity contribution >= 4 is 17.2 Å². The topological polar surface area (TPSA) is 45.2 Å². The van der Waals surface area contributed by atoms with E-state index in [9.17, 15) is 13.2 Å². The summed E-state index contributed by atoms with van der Waals surface area (Å²) in [4.78, 5) is 17.0. The average molecular weight is 371 g/mol. The van der Waals surface area contributed by atoms with Gasteiger partial charge in [0.25, 0.3) is 0 Å². The van der Waals surface area contributed by atoms with Gasteiger partial charge in [-0.25, -0.2) is 15.0 Å². The van der Waals surface area contributed by atoms with E-state index < -0.39 is 11.9 Å². The molecule has 0 aromatic carbocycles. The standard InChI is InChI=1S/C16H20F3N5S/c1-11-13(25-10-22-11)8-24-5-3-4-12(7-24)23(2)15-6-14(16(17,18)19)20-9-21-15/h6,9-10,12H,3-5,7-8H2,1-2H3. The summed E-state index contributed by atoms with van der Waals surface area (Å²) in [6.45, 7) is 4.61. The zero-order chi connectivity index (χ0) is 18.0. The number of rotatable bonds is 4. The van der Waals surface area contributed by atoms with Crippen molar-refractivity contribution in [2.24, 2.45) is 0 Å². The van der Waals surface area contributed by atoms with E-state index in [4.69, 9.17) is 0 Å². The Bertz CT molecular complexity index is 718. The molecule has 3 heterocycles. The Morgan fingerprint density at radius 2 is 2.12 bits per heavy atom. The summed E-state index contributed by atoms with van der Waals surface area (Å²) in [5, 5.41) is 0. The second kappa shape index (κ2) is 7.25. The molecule has 3 rings (SSSR count). The van der Waals surface area contributed by atoms with Crippen LogP contribution < -0.4 is 4.90 Å². The molecule has 25 heavy (non-hydrogen) atoms. The normalized spacial score (nSPS) is 19.2. The summed E-state index contributed by atoms with van der Waals surface area (Å²) in [6.07, 6.45) is -1.54. The number of aromatic nitrogens is 3. The van der Waals surface area contributed by atoms with Gasteiger partial charge in [0, 0.05) is 37.1 Å². The maximum absolute atomic E-state index is 12.9. The summed E-state index contributed by atoms with van der Waals surface area (Å²) >= 11 is 1.64. The summed E-state index contributed by atoms with van der Waals surface area (Å²) in [7, 11) is 1.80. The minimum atomic E-state index is -4.46. The van der Waals surface area contributed by atoms with Crippen LogP contribution in [0, 0.1) is 6.92 Å². The first-order chi connectivity index (χ1) is 11.8. The van der Waals surface area contributed by atoms with E-state index in [0.717, 1.165) is 50.6 Å². The third-order valence-corrected chi connectivity index (χ3v) is 5.46. The number of aryl methyl sites for hydroxylation is 1. The van der Waals surface area contributed by atoms with E-state index in [0.29, 0.717) is 5.82 Å². The molecule has 9 heteroatoms. The largest absolute Gasteiger partial charge is 0.433 e. The zero-order valence-corrected chi connectivity index (χ0v) is 14.9. The van der Waals surface area contributed by atoms with Crippen molar-refractivity contribution in [3.8, 4) is 0 Å². The molecule has 0 bridgehead atoms. The molecule has 5 nitrogen and oxygen atoms in total. The van der Waals surface area contributed by atoms with Crippen molar-refractivity contribution < 1.29 is 13.2 Å². The van der Waals surface area contributed by atoms with Crippen LogP contribution in [0.5, 0.6) is 0 Å². The van der Waals surface area contributed by atoms with Gasteiger partial charge < -0.3 is 4.90 Å². The number of halogens is 3. The number of likely N-dealkylation sites (tertiary alicyclic amines) is 1. The highest BCUT2D eigenvalue weighted by Crippen LogP contribution is 2.30. The number of likely N-dealkylation sites (N-methyl/N-ethyl adjacent to an activating group) is 1. The smallest absolute Gasteiger partial charge is 0.355 e. The summed E-state index contributed by atoms with van der Waals surface area (Å²) in [5.74, 6) is 0.308. The van der Waals surface area contributed by atoms with E-state index >= 15 is 0 Å². The number of hydrogen-bond donors (Lipinski definition) is 0. The summed E-state index contributed by atoms with van der Waals surface area (Å²) in [6, 6.07) is 1.14. The number of piperidine rings is 1. The highest BCUT2D eigenvalue weighted by molar-refractivity contribution is 7.09. The van der Waals surface area contributed by atoms with Gasteiger partial charge in [-0.2, -0.15) is 13.2 Å². The third-order valence-electron chi connectivity index (χ3n) is 4.54. The van der Waals surface area contributed by atoms with Crippen LogP contribution >= 0.6 is 11.3 Å². The van der Waals surface area contributed by atoms with Crippen molar-refractivity contribution in [1.82, 2.24) is 19.9 Å². The molecule has 2 aromatic rings. The Labute approximate surface area is 148 Å². The van der Waals surface area contributed by atoms with Crippen LogP contribution in [0.15, 0.2) is 17.9 Å². The maximum atomic E-state index is 12.9. The lowest BCUT2D eigenvalue weighted by Crippen LogP contribution is -2.46. The second-order valence-corrected chi connectivity index (χ2v) is 7.20. The van der Waals surface area contributed by atoms with Gasteiger partial charge in [0.1, 0.15) is 17.8 Å². The molecule has 0 spiro atoms. The van der Waals surface area contributed by atoms with Crippen LogP contribution in [0.2, 0.25) is 0 Å². The van der Waals surface area contributed by atoms with Gasteiger partial charge in [0.15, 0.2) is 0 Å². The van der Waals surface area contributed by atoms with Crippen LogP contribution in [-0.4, -0.2) is 46.0 Å². The van der Waals surface area contributed by atoms with E-state index in [1.807, 2.05) is 17.3 Å². The minimum Gasteiger partial charge on any atom is -0.355 e. The molecule has 0 amide bonds. The van der Waals surface area contributed by atoms with Gasteiger partial charge in [-0.15, -0.1) is 11.3 Å². The number of hydrogen-bond acceptors (Lipinski definition) is 6. The number of alkyl halides is 3. The first-order valence-electron chi connectivity index (χ1n) is 8.08. The van der Waals surface area contributed by atoms with Crippen LogP contribution in [0.3, 0.4) is 0 Å². The summed E-state index contributed by atoms with van der Waals surface area (Å²) < 4.78 is 38.6. The Hall–Kier alpha value is -1.74. The van der Waals surface area contributed by atoms with Gasteiger partial charge in [-0.1, -0.05) is 0 Å². The molecule has 1 aliphatic rings. The molecule has 1 saturated heterocycles. The lowest BCUT2D eigenvalue weighted by molar-refractivity contribution is -0.141. The summed E-state index contributed by atoms with van der Waals surface area (Å²) in [5.41, 5.74) is 1.99. The number of thiazole rings is 1. The van der Waals surface area contributed by atoms with Crippen LogP contribution in [0.25, 0.3) is 0 Å². The van der Waals surface area contributed by atoms with Gasteiger partial charge in [-0.3, -0.25) is 4.90 Å². The third kappa shape index (κ3) is 4.27. The highest BCUT2D eigenvalue weighted by Gasteiger charge is 2.34. The fraction of sp³-hybridized carbons (Fsp3) is 0.562. The van der Waals surface area contributed by atoms with Gasteiger partial charge in [-0.05, 0) is 26.3 Å². The first kappa shape index (κ1) is 18.1.